The van der Waals surface area contributed by atoms with Crippen molar-refractivity contribution in [1.29, 1.82) is 0 Å². The van der Waals surface area contributed by atoms with Crippen LogP contribution in [0.1, 0.15) is 55.7 Å². The number of nitrogens with zero attached hydrogens (tertiary/aromatic N) is 1. The molecule has 34 heavy (non-hydrogen) atoms. The highest BCUT2D eigenvalue weighted by Gasteiger charge is 2.31. The molecular weight excluding hydrogens is 539 g/mol. The predicted molar refractivity (Wildman–Crippen MR) is 141 cm³/mol. The molecule has 0 heterocycles. The van der Waals surface area contributed by atoms with Gasteiger partial charge >= 0.3 is 0 Å². The Kier molecular flexibility index (Phi) is 9.69. The lowest BCUT2D eigenvalue weighted by Crippen LogP contribution is -2.52. The Balaban J connectivity index is 1.83. The van der Waals surface area contributed by atoms with Crippen LogP contribution in [0.4, 0.5) is 0 Å². The maximum atomic E-state index is 13.4. The Morgan fingerprint density at radius 3 is 2.29 bits per heavy atom. The highest BCUT2D eigenvalue weighted by molar-refractivity contribution is 9.10. The number of hydrogen-bond acceptors (Lipinski definition) is 3. The summed E-state index contributed by atoms with van der Waals surface area (Å²) >= 11 is 16.4. The average Bonchev–Trinajstić information content (AvgIpc) is 3.30. The molecule has 1 aliphatic rings. The van der Waals surface area contributed by atoms with E-state index in [0.717, 1.165) is 41.3 Å². The van der Waals surface area contributed by atoms with Crippen molar-refractivity contribution >= 4 is 50.9 Å². The highest BCUT2D eigenvalue weighted by atomic mass is 79.9. The number of nitrogens with one attached hydrogen (secondary N) is 1. The molecule has 0 spiro atoms. The fraction of sp³-hybridized carbons (Fsp3) is 0.462. The maximum absolute atomic E-state index is 13.4. The molecule has 1 N–H and O–H groups in total. The Labute approximate surface area is 220 Å². The lowest BCUT2D eigenvalue weighted by atomic mass is 10.1. The van der Waals surface area contributed by atoms with Crippen LogP contribution in [0.5, 0.6) is 5.75 Å². The molecule has 0 aromatic heterocycles. The van der Waals surface area contributed by atoms with Crippen LogP contribution >= 0.6 is 39.1 Å². The van der Waals surface area contributed by atoms with E-state index in [-0.39, 0.29) is 31.0 Å². The molecule has 3 rings (SSSR count). The molecule has 2 amide bonds. The minimum Gasteiger partial charge on any atom is -0.484 e. The summed E-state index contributed by atoms with van der Waals surface area (Å²) in [6, 6.07) is 8.48. The molecule has 184 valence electrons. The van der Waals surface area contributed by atoms with Gasteiger partial charge in [-0.15, -0.1) is 0 Å². The molecule has 1 atom stereocenters. The minimum absolute atomic E-state index is 0.121. The van der Waals surface area contributed by atoms with Gasteiger partial charge in [-0.2, -0.15) is 0 Å². The second-order valence-corrected chi connectivity index (χ2v) is 10.4. The van der Waals surface area contributed by atoms with Crippen LogP contribution in [0.15, 0.2) is 34.8 Å². The fourth-order valence-corrected chi connectivity index (χ4v) is 5.10. The van der Waals surface area contributed by atoms with Crippen LogP contribution in [0.25, 0.3) is 0 Å². The van der Waals surface area contributed by atoms with E-state index >= 15 is 0 Å². The molecule has 2 aromatic carbocycles. The lowest BCUT2D eigenvalue weighted by molar-refractivity contribution is -0.143. The summed E-state index contributed by atoms with van der Waals surface area (Å²) in [5.74, 6) is 0.148. The van der Waals surface area contributed by atoms with Gasteiger partial charge in [-0.25, -0.2) is 0 Å². The van der Waals surface area contributed by atoms with Gasteiger partial charge in [-0.05, 0) is 68.5 Å². The van der Waals surface area contributed by atoms with Crippen molar-refractivity contribution in [2.24, 2.45) is 0 Å². The summed E-state index contributed by atoms with van der Waals surface area (Å²) in [7, 11) is 0. The first kappa shape index (κ1) is 26.8. The first-order valence-corrected chi connectivity index (χ1v) is 13.2. The second-order valence-electron chi connectivity index (χ2n) is 8.80. The van der Waals surface area contributed by atoms with Crippen molar-refractivity contribution in [2.75, 3.05) is 6.61 Å². The number of carbonyl (C=O) groups excluding carboxylic acids is 2. The second kappa shape index (κ2) is 12.3. The van der Waals surface area contributed by atoms with Gasteiger partial charge in [0.2, 0.25) is 5.91 Å². The fourth-order valence-electron chi connectivity index (χ4n) is 4.36. The number of ether oxygens (including phenoxy) is 1. The van der Waals surface area contributed by atoms with E-state index < -0.39 is 6.04 Å². The summed E-state index contributed by atoms with van der Waals surface area (Å²) in [5, 5.41) is 4.04. The van der Waals surface area contributed by atoms with Gasteiger partial charge in [0, 0.05) is 32.7 Å². The Morgan fingerprint density at radius 2 is 1.74 bits per heavy atom. The van der Waals surface area contributed by atoms with Gasteiger partial charge in [0.1, 0.15) is 11.8 Å². The summed E-state index contributed by atoms with van der Waals surface area (Å²) in [4.78, 5) is 28.2. The first-order valence-electron chi connectivity index (χ1n) is 11.6. The molecule has 1 fully saturated rings. The topological polar surface area (TPSA) is 58.6 Å². The molecular formula is C26H31BrCl2N2O3. The molecule has 0 unspecified atom stereocenters. The van der Waals surface area contributed by atoms with Gasteiger partial charge < -0.3 is 15.0 Å². The molecule has 2 aromatic rings. The smallest absolute Gasteiger partial charge is 0.261 e. The number of benzene rings is 2. The molecule has 0 bridgehead atoms. The van der Waals surface area contributed by atoms with E-state index in [4.69, 9.17) is 27.9 Å². The Hall–Kier alpha value is -1.76. The number of hydrogen-bond donors (Lipinski definition) is 1. The number of aryl methyl sites for hydroxylation is 2. The van der Waals surface area contributed by atoms with E-state index in [0.29, 0.717) is 27.8 Å². The van der Waals surface area contributed by atoms with Gasteiger partial charge in [-0.3, -0.25) is 9.59 Å². The SMILES string of the molecule is CC[C@@H](C(=O)NC1CCCC1)N(Cc1c(Cl)cccc1Cl)C(=O)COc1cc(C)c(Br)c(C)c1. The lowest BCUT2D eigenvalue weighted by Gasteiger charge is -2.32. The third-order valence-electron chi connectivity index (χ3n) is 6.25. The molecule has 1 aliphatic carbocycles. The standard InChI is InChI=1S/C26H31BrCl2N2O3/c1-4-23(26(33)30-18-8-5-6-9-18)31(14-20-21(28)10-7-11-22(20)29)24(32)15-34-19-12-16(2)25(27)17(3)13-19/h7,10-13,18,23H,4-6,8-9,14-15H2,1-3H3,(H,30,33)/t23-/m0/s1. The third-order valence-corrected chi connectivity index (χ3v) is 8.21. The molecule has 0 saturated heterocycles. The van der Waals surface area contributed by atoms with Crippen LogP contribution in [0.3, 0.4) is 0 Å². The van der Waals surface area contributed by atoms with Crippen LogP contribution in [0.2, 0.25) is 10.0 Å². The van der Waals surface area contributed by atoms with E-state index in [1.807, 2.05) is 32.9 Å². The van der Waals surface area contributed by atoms with Gasteiger partial charge in [0.15, 0.2) is 6.61 Å². The van der Waals surface area contributed by atoms with Gasteiger partial charge in [0.25, 0.3) is 5.91 Å². The predicted octanol–water partition coefficient (Wildman–Crippen LogP) is 6.62. The zero-order valence-corrected chi connectivity index (χ0v) is 22.9. The molecule has 8 heteroatoms. The molecule has 0 radical (unpaired) electrons. The van der Waals surface area contributed by atoms with Crippen LogP contribution in [0, 0.1) is 13.8 Å². The summed E-state index contributed by atoms with van der Waals surface area (Å²) in [6.07, 6.45) is 4.62. The summed E-state index contributed by atoms with van der Waals surface area (Å²) in [6.45, 7) is 5.76. The van der Waals surface area contributed by atoms with Crippen molar-refractivity contribution in [1.82, 2.24) is 10.2 Å². The summed E-state index contributed by atoms with van der Waals surface area (Å²) < 4.78 is 6.87. The zero-order chi connectivity index (χ0) is 24.8. The number of amides is 2. The minimum atomic E-state index is -0.655. The average molecular weight is 570 g/mol. The molecule has 5 nitrogen and oxygen atoms in total. The van der Waals surface area contributed by atoms with Crippen molar-refractivity contribution in [2.45, 2.75) is 71.5 Å². The van der Waals surface area contributed by atoms with Crippen LogP contribution < -0.4 is 10.1 Å². The molecule has 1 saturated carbocycles. The van der Waals surface area contributed by atoms with Crippen molar-refractivity contribution < 1.29 is 14.3 Å². The largest absolute Gasteiger partial charge is 0.484 e. The Bertz CT molecular complexity index is 997. The van der Waals surface area contributed by atoms with E-state index in [9.17, 15) is 9.59 Å². The number of carbonyl (C=O) groups is 2. The zero-order valence-electron chi connectivity index (χ0n) is 19.8. The van der Waals surface area contributed by atoms with Crippen molar-refractivity contribution in [3.05, 3.63) is 61.5 Å². The van der Waals surface area contributed by atoms with E-state index in [1.54, 1.807) is 18.2 Å². The van der Waals surface area contributed by atoms with Crippen LogP contribution in [-0.2, 0) is 16.1 Å². The first-order chi connectivity index (χ1) is 16.2. The van der Waals surface area contributed by atoms with Gasteiger partial charge in [-0.1, -0.05) is 65.0 Å². The van der Waals surface area contributed by atoms with Crippen LogP contribution in [-0.4, -0.2) is 35.4 Å². The third kappa shape index (κ3) is 6.67. The number of halogens is 3. The maximum Gasteiger partial charge on any atom is 0.261 e. The highest BCUT2D eigenvalue weighted by Crippen LogP contribution is 2.29. The normalized spacial score (nSPS) is 14.6. The van der Waals surface area contributed by atoms with Crippen molar-refractivity contribution in [3.8, 4) is 5.75 Å². The molecule has 0 aliphatic heterocycles. The quantitative estimate of drug-likeness (QED) is 0.369. The number of rotatable bonds is 9. The van der Waals surface area contributed by atoms with E-state index in [2.05, 4.69) is 21.2 Å². The van der Waals surface area contributed by atoms with Crippen molar-refractivity contribution in [3.63, 3.8) is 0 Å². The summed E-state index contributed by atoms with van der Waals surface area (Å²) in [5.41, 5.74) is 2.65. The van der Waals surface area contributed by atoms with Gasteiger partial charge in [0.05, 0.1) is 0 Å². The Morgan fingerprint density at radius 1 is 1.15 bits per heavy atom. The monoisotopic (exact) mass is 568 g/mol. The van der Waals surface area contributed by atoms with E-state index in [1.165, 1.54) is 4.90 Å².